The predicted molar refractivity (Wildman–Crippen MR) is 102 cm³/mol. The smallest absolute Gasteiger partial charge is 0.266 e. The van der Waals surface area contributed by atoms with E-state index in [1.54, 1.807) is 35.6 Å². The van der Waals surface area contributed by atoms with Crippen LogP contribution in [0.15, 0.2) is 46.6 Å². The van der Waals surface area contributed by atoms with Crippen molar-refractivity contribution in [2.24, 2.45) is 0 Å². The number of nitro benzene ring substituents is 1. The van der Waals surface area contributed by atoms with E-state index < -0.39 is 4.92 Å². The highest BCUT2D eigenvalue weighted by Gasteiger charge is 2.10. The maximum atomic E-state index is 12.5. The molecular formula is C17H10N4O3S2. The highest BCUT2D eigenvalue weighted by atomic mass is 32.1. The molecule has 4 rings (SSSR count). The second-order valence-electron chi connectivity index (χ2n) is 5.28. The largest absolute Gasteiger partial charge is 0.291 e. The van der Waals surface area contributed by atoms with Gasteiger partial charge in [0.2, 0.25) is 4.96 Å². The summed E-state index contributed by atoms with van der Waals surface area (Å²) in [5, 5.41) is 17.0. The first kappa shape index (κ1) is 16.3. The topological polar surface area (TPSA) is 90.4 Å². The third-order valence-electron chi connectivity index (χ3n) is 3.52. The minimum Gasteiger partial charge on any atom is -0.266 e. The third kappa shape index (κ3) is 3.17. The highest BCUT2D eigenvalue weighted by molar-refractivity contribution is 7.15. The van der Waals surface area contributed by atoms with Crippen molar-refractivity contribution in [1.82, 2.24) is 14.6 Å². The SMILES string of the molecule is O=c1c(=Cc2cccc([N+](=O)[O-])c2)sc2nc(C=Cc3cccs3)nn12. The zero-order chi connectivity index (χ0) is 18.1. The van der Waals surface area contributed by atoms with Crippen molar-refractivity contribution < 1.29 is 4.92 Å². The second-order valence-corrected chi connectivity index (χ2v) is 7.27. The lowest BCUT2D eigenvalue weighted by molar-refractivity contribution is -0.384. The summed E-state index contributed by atoms with van der Waals surface area (Å²) in [4.78, 5) is 28.8. The summed E-state index contributed by atoms with van der Waals surface area (Å²) in [6.07, 6.45) is 5.26. The molecule has 0 fully saturated rings. The van der Waals surface area contributed by atoms with E-state index >= 15 is 0 Å². The van der Waals surface area contributed by atoms with Gasteiger partial charge in [0.15, 0.2) is 5.82 Å². The van der Waals surface area contributed by atoms with E-state index in [0.29, 0.717) is 20.9 Å². The number of rotatable bonds is 4. The number of aromatic nitrogens is 3. The molecule has 1 aromatic carbocycles. The first-order valence-corrected chi connectivity index (χ1v) is 9.17. The molecule has 0 radical (unpaired) electrons. The minimum absolute atomic E-state index is 0.0216. The lowest BCUT2D eigenvalue weighted by atomic mass is 10.2. The molecule has 0 saturated carbocycles. The molecule has 0 bridgehead atoms. The maximum absolute atomic E-state index is 12.5. The van der Waals surface area contributed by atoms with E-state index in [9.17, 15) is 14.9 Å². The monoisotopic (exact) mass is 382 g/mol. The maximum Gasteiger partial charge on any atom is 0.291 e. The fourth-order valence-corrected chi connectivity index (χ4v) is 3.87. The van der Waals surface area contributed by atoms with Crippen LogP contribution in [0.5, 0.6) is 0 Å². The summed E-state index contributed by atoms with van der Waals surface area (Å²) in [5.41, 5.74) is 0.269. The van der Waals surface area contributed by atoms with Crippen LogP contribution in [0.1, 0.15) is 16.3 Å². The summed E-state index contributed by atoms with van der Waals surface area (Å²) < 4.78 is 1.68. The van der Waals surface area contributed by atoms with Gasteiger partial charge in [-0.2, -0.15) is 9.50 Å². The highest BCUT2D eigenvalue weighted by Crippen LogP contribution is 2.14. The van der Waals surface area contributed by atoms with Crippen LogP contribution in [0.3, 0.4) is 0 Å². The summed E-state index contributed by atoms with van der Waals surface area (Å²) in [6, 6.07) is 10.0. The predicted octanol–water partition coefficient (Wildman–Crippen LogP) is 2.84. The molecule has 0 N–H and O–H groups in total. The van der Waals surface area contributed by atoms with Gasteiger partial charge >= 0.3 is 0 Å². The van der Waals surface area contributed by atoms with Crippen LogP contribution in [-0.2, 0) is 0 Å². The Morgan fingerprint density at radius 3 is 2.81 bits per heavy atom. The minimum atomic E-state index is -0.468. The molecular weight excluding hydrogens is 372 g/mol. The number of nitro groups is 1. The van der Waals surface area contributed by atoms with E-state index in [4.69, 9.17) is 0 Å². The number of hydrogen-bond donors (Lipinski definition) is 0. The average Bonchev–Trinajstić information content (AvgIpc) is 3.33. The number of benzene rings is 1. The van der Waals surface area contributed by atoms with Crippen LogP contribution in [0.4, 0.5) is 5.69 Å². The fraction of sp³-hybridized carbons (Fsp3) is 0. The number of fused-ring (bicyclic) bond motifs is 1. The Hall–Kier alpha value is -3.17. The van der Waals surface area contributed by atoms with Crippen molar-refractivity contribution in [3.8, 4) is 0 Å². The molecule has 3 heterocycles. The van der Waals surface area contributed by atoms with Crippen LogP contribution in [0.2, 0.25) is 0 Å². The summed E-state index contributed by atoms with van der Waals surface area (Å²) in [5.74, 6) is 0.462. The molecule has 4 aromatic rings. The fourth-order valence-electron chi connectivity index (χ4n) is 2.34. The lowest BCUT2D eigenvalue weighted by Gasteiger charge is -1.92. The standard InChI is InChI=1S/C17H10N4O3S2/c22-16-14(10-11-3-1-4-12(9-11)21(23)24)26-17-18-15(19-20(16)17)7-6-13-5-2-8-25-13/h1-10H. The van der Waals surface area contributed by atoms with E-state index in [0.717, 1.165) is 4.88 Å². The second kappa shape index (κ2) is 6.62. The summed E-state index contributed by atoms with van der Waals surface area (Å²) >= 11 is 2.80. The Balaban J connectivity index is 1.71. The Labute approximate surface area is 154 Å². The quantitative estimate of drug-likeness (QED) is 0.400. The van der Waals surface area contributed by atoms with Gasteiger partial charge in [-0.25, -0.2) is 0 Å². The van der Waals surface area contributed by atoms with E-state index in [-0.39, 0.29) is 11.2 Å². The van der Waals surface area contributed by atoms with Crippen molar-refractivity contribution in [3.63, 3.8) is 0 Å². The van der Waals surface area contributed by atoms with Gasteiger partial charge in [0.05, 0.1) is 9.46 Å². The van der Waals surface area contributed by atoms with Gasteiger partial charge in [0.25, 0.3) is 11.2 Å². The van der Waals surface area contributed by atoms with Crippen LogP contribution in [0, 0.1) is 10.1 Å². The first-order valence-electron chi connectivity index (χ1n) is 7.47. The average molecular weight is 382 g/mol. The Bertz CT molecular complexity index is 1240. The Kier molecular flexibility index (Phi) is 4.15. The van der Waals surface area contributed by atoms with Crippen LogP contribution in [0.25, 0.3) is 23.2 Å². The number of nitrogens with zero attached hydrogens (tertiary/aromatic N) is 4. The molecule has 7 nitrogen and oxygen atoms in total. The molecule has 0 unspecified atom stereocenters. The summed E-state index contributed by atoms with van der Waals surface area (Å²) in [7, 11) is 0. The zero-order valence-corrected chi connectivity index (χ0v) is 14.7. The Morgan fingerprint density at radius 1 is 1.19 bits per heavy atom. The van der Waals surface area contributed by atoms with Gasteiger partial charge in [0.1, 0.15) is 0 Å². The van der Waals surface area contributed by atoms with Gasteiger partial charge in [-0.3, -0.25) is 14.9 Å². The Morgan fingerprint density at radius 2 is 2.08 bits per heavy atom. The first-order chi connectivity index (χ1) is 12.6. The molecule has 0 saturated heterocycles. The molecule has 128 valence electrons. The van der Waals surface area contributed by atoms with E-state index in [1.165, 1.54) is 28.0 Å². The number of thiazole rings is 1. The van der Waals surface area contributed by atoms with Crippen LogP contribution in [-0.4, -0.2) is 19.5 Å². The number of thiophene rings is 1. The lowest BCUT2D eigenvalue weighted by Crippen LogP contribution is -2.23. The number of non-ortho nitro benzene ring substituents is 1. The van der Waals surface area contributed by atoms with Crippen molar-refractivity contribution in [2.75, 3.05) is 0 Å². The molecule has 0 aliphatic heterocycles. The van der Waals surface area contributed by atoms with Crippen molar-refractivity contribution in [2.45, 2.75) is 0 Å². The normalized spacial score (nSPS) is 12.4. The van der Waals surface area contributed by atoms with Gasteiger partial charge in [0, 0.05) is 17.0 Å². The molecule has 26 heavy (non-hydrogen) atoms. The van der Waals surface area contributed by atoms with Gasteiger partial charge < -0.3 is 0 Å². The van der Waals surface area contributed by atoms with Gasteiger partial charge in [-0.1, -0.05) is 29.5 Å². The molecule has 3 aromatic heterocycles. The van der Waals surface area contributed by atoms with Crippen molar-refractivity contribution in [1.29, 1.82) is 0 Å². The molecule has 0 aliphatic carbocycles. The molecule has 0 spiro atoms. The van der Waals surface area contributed by atoms with Crippen LogP contribution < -0.4 is 10.1 Å². The number of hydrogen-bond acceptors (Lipinski definition) is 7. The van der Waals surface area contributed by atoms with Crippen LogP contribution >= 0.6 is 22.7 Å². The van der Waals surface area contributed by atoms with E-state index in [1.807, 2.05) is 23.6 Å². The van der Waals surface area contributed by atoms with Crippen molar-refractivity contribution >= 4 is 51.5 Å². The summed E-state index contributed by atoms with van der Waals surface area (Å²) in [6.45, 7) is 0. The molecule has 0 amide bonds. The molecule has 0 aliphatic rings. The van der Waals surface area contributed by atoms with Gasteiger partial charge in [-0.05, 0) is 35.2 Å². The molecule has 9 heteroatoms. The molecule has 0 atom stereocenters. The van der Waals surface area contributed by atoms with Crippen molar-refractivity contribution in [3.05, 3.63) is 83.0 Å². The van der Waals surface area contributed by atoms with E-state index in [2.05, 4.69) is 10.1 Å². The zero-order valence-electron chi connectivity index (χ0n) is 13.1. The third-order valence-corrected chi connectivity index (χ3v) is 5.31. The van der Waals surface area contributed by atoms with Gasteiger partial charge in [-0.15, -0.1) is 16.4 Å².